The van der Waals surface area contributed by atoms with Crippen LogP contribution in [0.4, 0.5) is 11.4 Å². The van der Waals surface area contributed by atoms with E-state index in [1.165, 1.54) is 24.1 Å². The van der Waals surface area contributed by atoms with Crippen LogP contribution in [0.1, 0.15) is 28.4 Å². The van der Waals surface area contributed by atoms with Gasteiger partial charge in [0, 0.05) is 29.7 Å². The Kier molecular flexibility index (Phi) is 6.37. The van der Waals surface area contributed by atoms with Crippen molar-refractivity contribution < 1.29 is 9.72 Å². The standard InChI is InChI=1S/C18H20N2O3S/c1-13-3-5-15(6-4-13)12-24-10-9-19-17-8-7-16(14(2)21)11-18(17)20(22)23/h3-8,11,19H,9-10,12H2,1-2H3. The van der Waals surface area contributed by atoms with Crippen LogP contribution in [0, 0.1) is 17.0 Å². The van der Waals surface area contributed by atoms with Gasteiger partial charge in [-0.15, -0.1) is 0 Å². The SMILES string of the molecule is CC(=O)c1ccc(NCCSCc2ccc(C)cc2)c([N+](=O)[O-])c1. The first-order chi connectivity index (χ1) is 11.5. The topological polar surface area (TPSA) is 72.2 Å². The molecule has 0 fully saturated rings. The lowest BCUT2D eigenvalue weighted by atomic mass is 10.1. The van der Waals surface area contributed by atoms with Gasteiger partial charge in [0.2, 0.25) is 0 Å². The van der Waals surface area contributed by atoms with Crippen LogP contribution in [-0.2, 0) is 5.75 Å². The summed E-state index contributed by atoms with van der Waals surface area (Å²) < 4.78 is 0. The molecule has 0 amide bonds. The summed E-state index contributed by atoms with van der Waals surface area (Å²) in [4.78, 5) is 22.0. The summed E-state index contributed by atoms with van der Waals surface area (Å²) in [6, 6.07) is 12.9. The summed E-state index contributed by atoms with van der Waals surface area (Å²) >= 11 is 1.77. The van der Waals surface area contributed by atoms with E-state index in [1.807, 2.05) is 0 Å². The molecule has 0 aromatic heterocycles. The molecular weight excluding hydrogens is 324 g/mol. The maximum Gasteiger partial charge on any atom is 0.293 e. The largest absolute Gasteiger partial charge is 0.379 e. The van der Waals surface area contributed by atoms with Crippen molar-refractivity contribution in [2.24, 2.45) is 0 Å². The number of carbonyl (C=O) groups excluding carboxylic acids is 1. The number of nitro benzene ring substituents is 1. The molecule has 0 bridgehead atoms. The fourth-order valence-electron chi connectivity index (χ4n) is 2.18. The molecule has 0 aliphatic carbocycles. The summed E-state index contributed by atoms with van der Waals surface area (Å²) in [5, 5.41) is 14.2. The van der Waals surface area contributed by atoms with Crippen LogP contribution in [0.3, 0.4) is 0 Å². The molecule has 6 heteroatoms. The minimum atomic E-state index is -0.464. The highest BCUT2D eigenvalue weighted by molar-refractivity contribution is 7.98. The van der Waals surface area contributed by atoms with Crippen LogP contribution in [0.25, 0.3) is 0 Å². The van der Waals surface area contributed by atoms with E-state index < -0.39 is 4.92 Å². The van der Waals surface area contributed by atoms with Crippen molar-refractivity contribution >= 4 is 28.9 Å². The third-order valence-electron chi connectivity index (χ3n) is 3.55. The summed E-state index contributed by atoms with van der Waals surface area (Å²) in [5.74, 6) is 1.56. The maximum absolute atomic E-state index is 11.3. The van der Waals surface area contributed by atoms with Gasteiger partial charge in [0.15, 0.2) is 5.78 Å². The van der Waals surface area contributed by atoms with Crippen molar-refractivity contribution in [1.82, 2.24) is 0 Å². The molecule has 1 N–H and O–H groups in total. The first-order valence-corrected chi connectivity index (χ1v) is 8.79. The summed E-state index contributed by atoms with van der Waals surface area (Å²) in [7, 11) is 0. The van der Waals surface area contributed by atoms with Crippen LogP contribution in [0.2, 0.25) is 0 Å². The predicted molar refractivity (Wildman–Crippen MR) is 98.9 cm³/mol. The van der Waals surface area contributed by atoms with Crippen molar-refractivity contribution in [3.05, 3.63) is 69.3 Å². The molecule has 126 valence electrons. The van der Waals surface area contributed by atoms with Gasteiger partial charge >= 0.3 is 0 Å². The number of rotatable bonds is 8. The van der Waals surface area contributed by atoms with E-state index in [2.05, 4.69) is 36.5 Å². The lowest BCUT2D eigenvalue weighted by Crippen LogP contribution is -2.07. The number of hydrogen-bond acceptors (Lipinski definition) is 5. The third-order valence-corrected chi connectivity index (χ3v) is 4.58. The summed E-state index contributed by atoms with van der Waals surface area (Å²) in [6.07, 6.45) is 0. The first-order valence-electron chi connectivity index (χ1n) is 7.64. The molecule has 2 aromatic carbocycles. The Morgan fingerprint density at radius 1 is 1.21 bits per heavy atom. The average Bonchev–Trinajstić information content (AvgIpc) is 2.56. The smallest absolute Gasteiger partial charge is 0.293 e. The molecule has 5 nitrogen and oxygen atoms in total. The van der Waals surface area contributed by atoms with E-state index in [0.29, 0.717) is 17.8 Å². The van der Waals surface area contributed by atoms with E-state index in [-0.39, 0.29) is 11.5 Å². The second kappa shape index (κ2) is 8.49. The number of carbonyl (C=O) groups is 1. The number of thioether (sulfide) groups is 1. The van der Waals surface area contributed by atoms with Crippen molar-refractivity contribution in [3.8, 4) is 0 Å². The molecule has 0 spiro atoms. The van der Waals surface area contributed by atoms with Gasteiger partial charge in [-0.2, -0.15) is 11.8 Å². The van der Waals surface area contributed by atoms with Crippen molar-refractivity contribution in [1.29, 1.82) is 0 Å². The number of nitrogens with one attached hydrogen (secondary N) is 1. The number of nitro groups is 1. The Morgan fingerprint density at radius 2 is 1.92 bits per heavy atom. The van der Waals surface area contributed by atoms with Crippen LogP contribution in [-0.4, -0.2) is 23.0 Å². The zero-order valence-corrected chi connectivity index (χ0v) is 14.6. The number of Topliss-reactive ketones (excluding diaryl/α,β-unsaturated/α-hetero) is 1. The van der Waals surface area contributed by atoms with Crippen molar-refractivity contribution in [2.45, 2.75) is 19.6 Å². The average molecular weight is 344 g/mol. The van der Waals surface area contributed by atoms with Crippen molar-refractivity contribution in [3.63, 3.8) is 0 Å². The molecule has 0 unspecified atom stereocenters. The number of hydrogen-bond donors (Lipinski definition) is 1. The fraction of sp³-hybridized carbons (Fsp3) is 0.278. The highest BCUT2D eigenvalue weighted by Gasteiger charge is 2.15. The summed E-state index contributed by atoms with van der Waals surface area (Å²) in [6.45, 7) is 4.08. The molecule has 0 atom stereocenters. The second-order valence-electron chi connectivity index (χ2n) is 5.51. The van der Waals surface area contributed by atoms with Gasteiger partial charge in [-0.1, -0.05) is 29.8 Å². The molecule has 0 radical (unpaired) electrons. The Balaban J connectivity index is 1.86. The van der Waals surface area contributed by atoms with Crippen molar-refractivity contribution in [2.75, 3.05) is 17.6 Å². The molecule has 0 heterocycles. The third kappa shape index (κ3) is 5.09. The van der Waals surface area contributed by atoms with E-state index in [4.69, 9.17) is 0 Å². The monoisotopic (exact) mass is 344 g/mol. The quantitative estimate of drug-likeness (QED) is 0.331. The van der Waals surface area contributed by atoms with E-state index in [9.17, 15) is 14.9 Å². The highest BCUT2D eigenvalue weighted by atomic mass is 32.2. The molecular formula is C18H20N2O3S. The molecule has 2 rings (SSSR count). The minimum absolute atomic E-state index is 0.0637. The molecule has 2 aromatic rings. The number of nitrogens with zero attached hydrogens (tertiary/aromatic N) is 1. The first kappa shape index (κ1) is 18.0. The van der Waals surface area contributed by atoms with Gasteiger partial charge in [-0.05, 0) is 31.5 Å². The number of aryl methyl sites for hydroxylation is 1. The Bertz CT molecular complexity index is 730. The minimum Gasteiger partial charge on any atom is -0.379 e. The van der Waals surface area contributed by atoms with Gasteiger partial charge in [0.05, 0.1) is 4.92 Å². The fourth-order valence-corrected chi connectivity index (χ4v) is 3.00. The van der Waals surface area contributed by atoms with E-state index in [1.54, 1.807) is 23.9 Å². The molecule has 0 aliphatic rings. The van der Waals surface area contributed by atoms with Gasteiger partial charge in [-0.25, -0.2) is 0 Å². The molecule has 0 saturated heterocycles. The lowest BCUT2D eigenvalue weighted by molar-refractivity contribution is -0.384. The second-order valence-corrected chi connectivity index (χ2v) is 6.62. The van der Waals surface area contributed by atoms with Gasteiger partial charge in [0.1, 0.15) is 5.69 Å². The molecule has 24 heavy (non-hydrogen) atoms. The Hall–Kier alpha value is -2.34. The van der Waals surface area contributed by atoms with Gasteiger partial charge in [-0.3, -0.25) is 14.9 Å². The zero-order chi connectivity index (χ0) is 17.5. The van der Waals surface area contributed by atoms with Gasteiger partial charge in [0.25, 0.3) is 5.69 Å². The Morgan fingerprint density at radius 3 is 2.54 bits per heavy atom. The summed E-state index contributed by atoms with van der Waals surface area (Å²) in [5.41, 5.74) is 3.24. The highest BCUT2D eigenvalue weighted by Crippen LogP contribution is 2.26. The molecule has 0 saturated carbocycles. The van der Waals surface area contributed by atoms with Crippen LogP contribution < -0.4 is 5.32 Å². The Labute approximate surface area is 145 Å². The number of anilines is 1. The normalized spacial score (nSPS) is 10.4. The van der Waals surface area contributed by atoms with E-state index in [0.717, 1.165) is 11.5 Å². The van der Waals surface area contributed by atoms with Gasteiger partial charge < -0.3 is 5.32 Å². The number of benzene rings is 2. The maximum atomic E-state index is 11.3. The zero-order valence-electron chi connectivity index (χ0n) is 13.7. The predicted octanol–water partition coefficient (Wildman–Crippen LogP) is 4.45. The van der Waals surface area contributed by atoms with Crippen LogP contribution in [0.15, 0.2) is 42.5 Å². The van der Waals surface area contributed by atoms with Crippen LogP contribution >= 0.6 is 11.8 Å². The molecule has 0 aliphatic heterocycles. The van der Waals surface area contributed by atoms with E-state index >= 15 is 0 Å². The lowest BCUT2D eigenvalue weighted by Gasteiger charge is -2.08. The van der Waals surface area contributed by atoms with Crippen LogP contribution in [0.5, 0.6) is 0 Å². The number of ketones is 1.